The van der Waals surface area contributed by atoms with Gasteiger partial charge in [0.15, 0.2) is 0 Å². The first-order valence-electron chi connectivity index (χ1n) is 14.2. The molecule has 0 saturated carbocycles. The van der Waals surface area contributed by atoms with Gasteiger partial charge in [0.05, 0.1) is 0 Å². The molecule has 0 N–H and O–H groups in total. The van der Waals surface area contributed by atoms with E-state index in [1.807, 2.05) is 0 Å². The molecule has 0 saturated heterocycles. The second kappa shape index (κ2) is 8.41. The lowest BCUT2D eigenvalue weighted by atomic mass is 9.81. The lowest BCUT2D eigenvalue weighted by Crippen LogP contribution is -2.14. The quantitative estimate of drug-likeness (QED) is 0.203. The van der Waals surface area contributed by atoms with Crippen LogP contribution >= 0.6 is 0 Å². The highest BCUT2D eigenvalue weighted by molar-refractivity contribution is 6.22. The van der Waals surface area contributed by atoms with E-state index in [-0.39, 0.29) is 5.41 Å². The Morgan fingerprint density at radius 2 is 1.02 bits per heavy atom. The van der Waals surface area contributed by atoms with Crippen LogP contribution in [0.2, 0.25) is 0 Å². The van der Waals surface area contributed by atoms with E-state index in [0.29, 0.717) is 0 Å². The molecule has 7 aromatic carbocycles. The summed E-state index contributed by atoms with van der Waals surface area (Å²) >= 11 is 0. The molecule has 0 heterocycles. The number of benzene rings is 7. The molecule has 0 unspecified atom stereocenters. The highest BCUT2D eigenvalue weighted by Gasteiger charge is 2.35. The van der Waals surface area contributed by atoms with E-state index in [9.17, 15) is 0 Å². The zero-order valence-electron chi connectivity index (χ0n) is 23.1. The van der Waals surface area contributed by atoms with Gasteiger partial charge < -0.3 is 0 Å². The third kappa shape index (κ3) is 3.26. The molecule has 7 aromatic rings. The summed E-state index contributed by atoms with van der Waals surface area (Å²) < 4.78 is 0. The third-order valence-electron chi connectivity index (χ3n) is 9.09. The van der Waals surface area contributed by atoms with E-state index in [4.69, 9.17) is 0 Å². The third-order valence-corrected chi connectivity index (χ3v) is 9.09. The Kier molecular flexibility index (Phi) is 4.88. The number of hydrogen-bond acceptors (Lipinski definition) is 0. The molecule has 0 radical (unpaired) electrons. The number of rotatable bonds is 2. The largest absolute Gasteiger partial charge is 0.0619 e. The predicted molar refractivity (Wildman–Crippen MR) is 172 cm³/mol. The van der Waals surface area contributed by atoms with Crippen molar-refractivity contribution in [2.75, 3.05) is 0 Å². The van der Waals surface area contributed by atoms with Crippen LogP contribution in [-0.2, 0) is 5.41 Å². The molecule has 0 nitrogen and oxygen atoms in total. The summed E-state index contributed by atoms with van der Waals surface area (Å²) in [5, 5.41) is 7.75. The van der Waals surface area contributed by atoms with Gasteiger partial charge in [0, 0.05) is 5.41 Å². The maximum atomic E-state index is 2.45. The maximum absolute atomic E-state index is 2.45. The van der Waals surface area contributed by atoms with E-state index in [1.165, 1.54) is 82.4 Å². The molecule has 0 bridgehead atoms. The number of aryl methyl sites for hydroxylation is 1. The molecule has 1 aliphatic rings. The monoisotopic (exact) mass is 510 g/mol. The van der Waals surface area contributed by atoms with Crippen LogP contribution in [0.25, 0.3) is 65.7 Å². The van der Waals surface area contributed by atoms with Crippen LogP contribution in [0.3, 0.4) is 0 Å². The van der Waals surface area contributed by atoms with Gasteiger partial charge in [-0.25, -0.2) is 0 Å². The van der Waals surface area contributed by atoms with Crippen LogP contribution in [0.15, 0.2) is 127 Å². The van der Waals surface area contributed by atoms with Crippen LogP contribution in [0.4, 0.5) is 0 Å². The average Bonchev–Trinajstić information content (AvgIpc) is 3.21. The van der Waals surface area contributed by atoms with E-state index in [1.54, 1.807) is 0 Å². The second-order valence-corrected chi connectivity index (χ2v) is 11.8. The standard InChI is InChI=1S/C40H30/c1-25-16-20-33-35(22-25)39(29-19-21-37-34(24-29)30-12-8-9-15-36(30)40(37,2)3)32-14-7-6-13-31(32)38(33)28-18-17-26-10-4-5-11-27(26)23-28/h4-24H,1-3H3. The Bertz CT molecular complexity index is 2140. The van der Waals surface area contributed by atoms with Gasteiger partial charge in [-0.2, -0.15) is 0 Å². The minimum absolute atomic E-state index is 0.00508. The van der Waals surface area contributed by atoms with Gasteiger partial charge in [-0.05, 0) is 95.9 Å². The Balaban J connectivity index is 1.47. The topological polar surface area (TPSA) is 0 Å². The molecule has 0 aromatic heterocycles. The van der Waals surface area contributed by atoms with E-state index in [2.05, 4.69) is 148 Å². The molecule has 190 valence electrons. The van der Waals surface area contributed by atoms with Crippen LogP contribution in [0, 0.1) is 6.92 Å². The summed E-state index contributed by atoms with van der Waals surface area (Å²) in [6.45, 7) is 6.91. The summed E-state index contributed by atoms with van der Waals surface area (Å²) in [4.78, 5) is 0. The van der Waals surface area contributed by atoms with Crippen LogP contribution in [0.1, 0.15) is 30.5 Å². The van der Waals surface area contributed by atoms with Gasteiger partial charge >= 0.3 is 0 Å². The molecule has 0 atom stereocenters. The number of fused-ring (bicyclic) bond motifs is 6. The molecule has 1 aliphatic carbocycles. The minimum Gasteiger partial charge on any atom is -0.0619 e. The first kappa shape index (κ1) is 23.2. The Morgan fingerprint density at radius 3 is 1.85 bits per heavy atom. The van der Waals surface area contributed by atoms with Crippen molar-refractivity contribution in [3.05, 3.63) is 144 Å². The van der Waals surface area contributed by atoms with E-state index >= 15 is 0 Å². The zero-order valence-corrected chi connectivity index (χ0v) is 23.1. The van der Waals surface area contributed by atoms with Crippen LogP contribution in [-0.4, -0.2) is 0 Å². The Hall–Kier alpha value is -4.68. The van der Waals surface area contributed by atoms with Crippen molar-refractivity contribution >= 4 is 32.3 Å². The van der Waals surface area contributed by atoms with Gasteiger partial charge in [0.25, 0.3) is 0 Å². The predicted octanol–water partition coefficient (Wildman–Crippen LogP) is 11.1. The molecular weight excluding hydrogens is 480 g/mol. The van der Waals surface area contributed by atoms with Crippen molar-refractivity contribution in [1.29, 1.82) is 0 Å². The number of hydrogen-bond donors (Lipinski definition) is 0. The molecular formula is C40H30. The van der Waals surface area contributed by atoms with Crippen molar-refractivity contribution in [2.45, 2.75) is 26.2 Å². The highest BCUT2D eigenvalue weighted by atomic mass is 14.4. The Morgan fingerprint density at radius 1 is 0.425 bits per heavy atom. The molecule has 0 spiro atoms. The highest BCUT2D eigenvalue weighted by Crippen LogP contribution is 2.51. The van der Waals surface area contributed by atoms with Gasteiger partial charge in [-0.1, -0.05) is 135 Å². The Labute approximate surface area is 235 Å². The SMILES string of the molecule is Cc1ccc2c(-c3ccc4ccccc4c3)c3ccccc3c(-c3ccc4c(c3)-c3ccccc3C4(C)C)c2c1. The van der Waals surface area contributed by atoms with Crippen molar-refractivity contribution in [2.24, 2.45) is 0 Å². The smallest absolute Gasteiger partial charge is 0.0158 e. The zero-order chi connectivity index (χ0) is 27.0. The minimum atomic E-state index is 0.00508. The van der Waals surface area contributed by atoms with Crippen LogP contribution in [0.5, 0.6) is 0 Å². The molecule has 0 amide bonds. The molecule has 8 rings (SSSR count). The summed E-state index contributed by atoms with van der Waals surface area (Å²) in [6.07, 6.45) is 0. The van der Waals surface area contributed by atoms with Crippen molar-refractivity contribution in [3.63, 3.8) is 0 Å². The van der Waals surface area contributed by atoms with E-state index < -0.39 is 0 Å². The van der Waals surface area contributed by atoms with Gasteiger partial charge in [-0.15, -0.1) is 0 Å². The fourth-order valence-electron chi connectivity index (χ4n) is 7.13. The first-order valence-corrected chi connectivity index (χ1v) is 14.2. The van der Waals surface area contributed by atoms with Crippen molar-refractivity contribution < 1.29 is 0 Å². The second-order valence-electron chi connectivity index (χ2n) is 11.8. The summed E-state index contributed by atoms with van der Waals surface area (Å²) in [7, 11) is 0. The summed E-state index contributed by atoms with van der Waals surface area (Å²) in [6, 6.07) is 47.6. The molecule has 0 heteroatoms. The van der Waals surface area contributed by atoms with Crippen molar-refractivity contribution in [3.8, 4) is 33.4 Å². The molecule has 40 heavy (non-hydrogen) atoms. The summed E-state index contributed by atoms with van der Waals surface area (Å²) in [5.41, 5.74) is 12.0. The van der Waals surface area contributed by atoms with Gasteiger partial charge in [0.2, 0.25) is 0 Å². The van der Waals surface area contributed by atoms with Gasteiger partial charge in [-0.3, -0.25) is 0 Å². The fourth-order valence-corrected chi connectivity index (χ4v) is 7.13. The molecule has 0 aliphatic heterocycles. The van der Waals surface area contributed by atoms with Gasteiger partial charge in [0.1, 0.15) is 0 Å². The lowest BCUT2D eigenvalue weighted by molar-refractivity contribution is 0.660. The lowest BCUT2D eigenvalue weighted by Gasteiger charge is -2.22. The fraction of sp³-hybridized carbons (Fsp3) is 0.100. The van der Waals surface area contributed by atoms with Crippen LogP contribution < -0.4 is 0 Å². The normalized spacial score (nSPS) is 13.6. The van der Waals surface area contributed by atoms with Crippen molar-refractivity contribution in [1.82, 2.24) is 0 Å². The first-order chi connectivity index (χ1) is 19.5. The summed E-state index contributed by atoms with van der Waals surface area (Å²) in [5.74, 6) is 0. The maximum Gasteiger partial charge on any atom is 0.0158 e. The molecule has 0 fully saturated rings. The average molecular weight is 511 g/mol. The van der Waals surface area contributed by atoms with E-state index in [0.717, 1.165) is 0 Å².